The zero-order valence-electron chi connectivity index (χ0n) is 34.0. The summed E-state index contributed by atoms with van der Waals surface area (Å²) in [5, 5.41) is 20.9. The molecule has 320 valence electrons. The number of nitrogens with one attached hydrogen (secondary N) is 4. The van der Waals surface area contributed by atoms with Crippen molar-refractivity contribution in [3.05, 3.63) is 71.8 Å². The first kappa shape index (κ1) is 47.5. The van der Waals surface area contributed by atoms with Crippen LogP contribution in [0.5, 0.6) is 0 Å². The Kier molecular flexibility index (Phi) is 19.7. The number of hydrogen-bond donors (Lipinski definition) is 9. The first-order valence-corrected chi connectivity index (χ1v) is 20.4. The first-order chi connectivity index (χ1) is 27.7. The summed E-state index contributed by atoms with van der Waals surface area (Å²) in [5.41, 5.74) is 24.0. The van der Waals surface area contributed by atoms with Gasteiger partial charge < -0.3 is 54.2 Å². The third-order valence-corrected chi connectivity index (χ3v) is 10.4. The van der Waals surface area contributed by atoms with Crippen LogP contribution in [0.2, 0.25) is 0 Å². The molecule has 2 aromatic carbocycles. The maximum atomic E-state index is 14.1. The molecule has 0 radical (unpaired) electrons. The smallest absolute Gasteiger partial charge is 0.323 e. The number of aliphatic carboxylic acids is 1. The Morgan fingerprint density at radius 1 is 0.655 bits per heavy atom. The summed E-state index contributed by atoms with van der Waals surface area (Å²) in [6.07, 6.45) is 3.47. The summed E-state index contributed by atoms with van der Waals surface area (Å²) < 4.78 is 0. The number of nitrogens with two attached hydrogens (primary N) is 4. The summed E-state index contributed by atoms with van der Waals surface area (Å²) in [5.74, 6) is -3.85. The number of carbonyl (C=O) groups is 6. The number of rotatable bonds is 24. The maximum Gasteiger partial charge on any atom is 0.323 e. The Labute approximate surface area is 342 Å². The molecule has 2 aromatic rings. The van der Waals surface area contributed by atoms with Crippen molar-refractivity contribution in [1.82, 2.24) is 26.2 Å². The lowest BCUT2D eigenvalue weighted by Gasteiger charge is -2.38. The highest BCUT2D eigenvalue weighted by atomic mass is 16.4. The van der Waals surface area contributed by atoms with Crippen LogP contribution in [-0.2, 0) is 41.6 Å². The van der Waals surface area contributed by atoms with E-state index in [1.165, 1.54) is 4.90 Å². The quantitative estimate of drug-likeness (QED) is 0.0657. The summed E-state index contributed by atoms with van der Waals surface area (Å²) in [6, 6.07) is 13.3. The predicted molar refractivity (Wildman–Crippen MR) is 222 cm³/mol. The van der Waals surface area contributed by atoms with Crippen LogP contribution in [0, 0.1) is 5.92 Å². The average Bonchev–Trinajstić information content (AvgIpc) is 3.20. The number of amides is 5. The van der Waals surface area contributed by atoms with E-state index in [4.69, 9.17) is 22.9 Å². The minimum Gasteiger partial charge on any atom is -0.480 e. The van der Waals surface area contributed by atoms with Crippen LogP contribution in [0.15, 0.2) is 60.7 Å². The Morgan fingerprint density at radius 2 is 1.10 bits per heavy atom. The van der Waals surface area contributed by atoms with Gasteiger partial charge in [0.05, 0.1) is 6.04 Å². The van der Waals surface area contributed by atoms with Crippen LogP contribution >= 0.6 is 0 Å². The average molecular weight is 808 g/mol. The van der Waals surface area contributed by atoms with Crippen LogP contribution in [0.1, 0.15) is 82.8 Å². The lowest BCUT2D eigenvalue weighted by atomic mass is 9.88. The van der Waals surface area contributed by atoms with Gasteiger partial charge in [0.2, 0.25) is 29.5 Å². The van der Waals surface area contributed by atoms with Crippen LogP contribution in [0.25, 0.3) is 0 Å². The Hall–Kier alpha value is -4.90. The molecule has 0 aliphatic carbocycles. The van der Waals surface area contributed by atoms with Gasteiger partial charge >= 0.3 is 5.97 Å². The van der Waals surface area contributed by atoms with Crippen molar-refractivity contribution in [3.8, 4) is 0 Å². The zero-order valence-corrected chi connectivity index (χ0v) is 34.0. The van der Waals surface area contributed by atoms with Gasteiger partial charge in [-0.15, -0.1) is 0 Å². The second kappa shape index (κ2) is 24.1. The number of piperidine rings is 1. The third kappa shape index (κ3) is 15.5. The predicted octanol–water partition coefficient (Wildman–Crippen LogP) is 0.447. The van der Waals surface area contributed by atoms with Crippen LogP contribution in [0.4, 0.5) is 0 Å². The lowest BCUT2D eigenvalue weighted by Crippen LogP contribution is -2.61. The summed E-state index contributed by atoms with van der Waals surface area (Å²) in [7, 11) is 0. The summed E-state index contributed by atoms with van der Waals surface area (Å²) >= 11 is 0. The number of likely N-dealkylation sites (tertiary alicyclic amines) is 1. The molecule has 5 amide bonds. The minimum absolute atomic E-state index is 0.0514. The molecule has 1 heterocycles. The van der Waals surface area contributed by atoms with Crippen molar-refractivity contribution < 1.29 is 33.9 Å². The highest BCUT2D eigenvalue weighted by Crippen LogP contribution is 2.21. The monoisotopic (exact) mass is 808 g/mol. The van der Waals surface area contributed by atoms with Gasteiger partial charge in [-0.2, -0.15) is 0 Å². The molecule has 13 N–H and O–H groups in total. The standard InChI is InChI=1S/C42H65N9O7/c1-28(2)25-34(50-39(55)35(27-30-15-7-4-8-16-30)49-36(52)31(45)26-29-13-5-3-6-14-29)38(54)47-32(17-9-11-21-43)37(53)48-33(18-10-12-22-44)40(56)51-23-19-42(46,20-24-51)41(57)58/h3-8,13-16,28,31-35H,9-12,17-27,43-46H2,1-2H3,(H,47,54)(H,48,53)(H,49,52)(H,50,55)(H,57,58)/t31-,32-,33-,34-,35-/m1/s1. The number of benzene rings is 2. The molecular formula is C42H65N9O7. The SMILES string of the molecule is CC(C)C[C@@H](NC(=O)[C@@H](Cc1ccccc1)NC(=O)[C@H](N)Cc1ccccc1)C(=O)N[C@H](CCCCN)C(=O)N[C@H](CCCCN)C(=O)N1CCC(N)(C(=O)O)CC1. The van der Waals surface area contributed by atoms with E-state index in [-0.39, 0.29) is 69.9 Å². The number of carboxylic acids is 1. The molecule has 1 fully saturated rings. The molecule has 16 nitrogen and oxygen atoms in total. The van der Waals surface area contributed by atoms with Crippen molar-refractivity contribution >= 4 is 35.5 Å². The van der Waals surface area contributed by atoms with Gasteiger partial charge in [0.25, 0.3) is 0 Å². The fourth-order valence-corrected chi connectivity index (χ4v) is 6.89. The van der Waals surface area contributed by atoms with Crippen molar-refractivity contribution in [2.24, 2.45) is 28.9 Å². The van der Waals surface area contributed by atoms with Gasteiger partial charge in [-0.1, -0.05) is 74.5 Å². The molecule has 0 spiro atoms. The molecule has 0 bridgehead atoms. The molecular weight excluding hydrogens is 743 g/mol. The van der Waals surface area contributed by atoms with Gasteiger partial charge in [0.1, 0.15) is 29.7 Å². The molecule has 0 saturated carbocycles. The summed E-state index contributed by atoms with van der Waals surface area (Å²) in [4.78, 5) is 82.4. The number of nitrogens with zero attached hydrogens (tertiary/aromatic N) is 1. The van der Waals surface area contributed by atoms with E-state index in [2.05, 4.69) is 21.3 Å². The van der Waals surface area contributed by atoms with Crippen molar-refractivity contribution in [2.75, 3.05) is 26.2 Å². The molecule has 1 aliphatic heterocycles. The van der Waals surface area contributed by atoms with E-state index in [1.807, 2.05) is 74.5 Å². The molecule has 0 aromatic heterocycles. The Bertz CT molecular complexity index is 1620. The van der Waals surface area contributed by atoms with Gasteiger partial charge in [-0.05, 0) is 94.3 Å². The van der Waals surface area contributed by atoms with Crippen molar-refractivity contribution in [2.45, 2.75) is 120 Å². The minimum atomic E-state index is -1.43. The van der Waals surface area contributed by atoms with Crippen LogP contribution in [-0.4, -0.2) is 107 Å². The number of unbranched alkanes of at least 4 members (excludes halogenated alkanes) is 2. The van der Waals surface area contributed by atoms with E-state index in [0.29, 0.717) is 38.8 Å². The molecule has 1 saturated heterocycles. The van der Waals surface area contributed by atoms with E-state index < -0.39 is 65.3 Å². The second-order valence-electron chi connectivity index (χ2n) is 15.7. The topological polar surface area (TPSA) is 278 Å². The number of carboxylic acid groups (broad SMARTS) is 1. The van der Waals surface area contributed by atoms with E-state index in [1.54, 1.807) is 0 Å². The molecule has 58 heavy (non-hydrogen) atoms. The van der Waals surface area contributed by atoms with E-state index >= 15 is 0 Å². The van der Waals surface area contributed by atoms with Gasteiger partial charge in [0.15, 0.2) is 0 Å². The molecule has 1 aliphatic rings. The normalized spacial score (nSPS) is 16.3. The Balaban J connectivity index is 1.80. The highest BCUT2D eigenvalue weighted by Gasteiger charge is 2.40. The van der Waals surface area contributed by atoms with Crippen LogP contribution < -0.4 is 44.2 Å². The van der Waals surface area contributed by atoms with Gasteiger partial charge in [-0.3, -0.25) is 28.8 Å². The highest BCUT2D eigenvalue weighted by molar-refractivity contribution is 5.96. The van der Waals surface area contributed by atoms with Crippen molar-refractivity contribution in [1.29, 1.82) is 0 Å². The van der Waals surface area contributed by atoms with Gasteiger partial charge in [0, 0.05) is 19.5 Å². The van der Waals surface area contributed by atoms with Crippen LogP contribution in [0.3, 0.4) is 0 Å². The maximum absolute atomic E-state index is 14.1. The first-order valence-electron chi connectivity index (χ1n) is 20.4. The second-order valence-corrected chi connectivity index (χ2v) is 15.7. The summed E-state index contributed by atoms with van der Waals surface area (Å²) in [6.45, 7) is 4.78. The van der Waals surface area contributed by atoms with E-state index in [0.717, 1.165) is 11.1 Å². The molecule has 16 heteroatoms. The largest absolute Gasteiger partial charge is 0.480 e. The third-order valence-electron chi connectivity index (χ3n) is 10.4. The molecule has 3 rings (SSSR count). The molecule has 0 unspecified atom stereocenters. The fraction of sp³-hybridized carbons (Fsp3) is 0.571. The zero-order chi connectivity index (χ0) is 42.7. The van der Waals surface area contributed by atoms with E-state index in [9.17, 15) is 33.9 Å². The number of hydrogen-bond acceptors (Lipinski definition) is 10. The lowest BCUT2D eigenvalue weighted by molar-refractivity contribution is -0.148. The fourth-order valence-electron chi connectivity index (χ4n) is 6.89. The number of carbonyl (C=O) groups excluding carboxylic acids is 5. The molecule has 5 atom stereocenters. The Morgan fingerprint density at radius 3 is 1.62 bits per heavy atom. The van der Waals surface area contributed by atoms with Gasteiger partial charge in [-0.25, -0.2) is 0 Å². The van der Waals surface area contributed by atoms with Crippen molar-refractivity contribution in [3.63, 3.8) is 0 Å².